The molecule has 0 saturated heterocycles. The summed E-state index contributed by atoms with van der Waals surface area (Å²) in [5, 5.41) is 0.589. The third-order valence-electron chi connectivity index (χ3n) is 3.33. The normalized spacial score (nSPS) is 13.9. The zero-order valence-corrected chi connectivity index (χ0v) is 13.7. The van der Waals surface area contributed by atoms with E-state index in [0.29, 0.717) is 16.5 Å². The van der Waals surface area contributed by atoms with Gasteiger partial charge in [-0.15, -0.1) is 0 Å². The zero-order valence-electron chi connectivity index (χ0n) is 12.9. The standard InChI is InChI=1S/C16H26ClNO2/c1-5-7-11(3)20-16-14(17)9-12(8-13(18)6-2)10-15(16)19-4/h9-11,13H,5-8,18H2,1-4H3. The molecule has 2 atom stereocenters. The molecule has 3 nitrogen and oxygen atoms in total. The molecule has 0 aliphatic carbocycles. The van der Waals surface area contributed by atoms with Crippen molar-refractivity contribution >= 4 is 11.6 Å². The lowest BCUT2D eigenvalue weighted by atomic mass is 10.0. The van der Waals surface area contributed by atoms with E-state index in [-0.39, 0.29) is 12.1 Å². The number of ether oxygens (including phenoxy) is 2. The molecular weight excluding hydrogens is 274 g/mol. The van der Waals surface area contributed by atoms with Gasteiger partial charge in [-0.25, -0.2) is 0 Å². The second-order valence-electron chi connectivity index (χ2n) is 5.20. The van der Waals surface area contributed by atoms with Gasteiger partial charge < -0.3 is 15.2 Å². The van der Waals surface area contributed by atoms with E-state index >= 15 is 0 Å². The van der Waals surface area contributed by atoms with Crippen molar-refractivity contribution in [2.24, 2.45) is 5.73 Å². The Hall–Kier alpha value is -0.930. The van der Waals surface area contributed by atoms with Crippen molar-refractivity contribution in [2.75, 3.05) is 7.11 Å². The van der Waals surface area contributed by atoms with Crippen LogP contribution in [-0.4, -0.2) is 19.3 Å². The third-order valence-corrected chi connectivity index (χ3v) is 3.61. The molecule has 1 aromatic rings. The molecule has 1 aromatic carbocycles. The smallest absolute Gasteiger partial charge is 0.180 e. The fourth-order valence-corrected chi connectivity index (χ4v) is 2.40. The van der Waals surface area contributed by atoms with Gasteiger partial charge in [0.1, 0.15) is 0 Å². The van der Waals surface area contributed by atoms with Gasteiger partial charge in [-0.1, -0.05) is 31.9 Å². The molecule has 0 aliphatic heterocycles. The van der Waals surface area contributed by atoms with E-state index in [9.17, 15) is 0 Å². The Morgan fingerprint density at radius 2 is 2.00 bits per heavy atom. The van der Waals surface area contributed by atoms with Crippen LogP contribution in [0.1, 0.15) is 45.6 Å². The summed E-state index contributed by atoms with van der Waals surface area (Å²) in [6, 6.07) is 4.03. The van der Waals surface area contributed by atoms with Crippen LogP contribution in [-0.2, 0) is 6.42 Å². The fraction of sp³-hybridized carbons (Fsp3) is 0.625. The zero-order chi connectivity index (χ0) is 15.1. The highest BCUT2D eigenvalue weighted by Crippen LogP contribution is 2.37. The van der Waals surface area contributed by atoms with E-state index in [4.69, 9.17) is 26.8 Å². The van der Waals surface area contributed by atoms with Gasteiger partial charge in [0.05, 0.1) is 18.2 Å². The second-order valence-corrected chi connectivity index (χ2v) is 5.61. The topological polar surface area (TPSA) is 44.5 Å². The lowest BCUT2D eigenvalue weighted by molar-refractivity contribution is 0.201. The Kier molecular flexibility index (Phi) is 7.17. The van der Waals surface area contributed by atoms with Crippen LogP contribution in [0.2, 0.25) is 5.02 Å². The van der Waals surface area contributed by atoms with Crippen molar-refractivity contribution in [3.05, 3.63) is 22.7 Å². The maximum absolute atomic E-state index is 6.34. The SMILES string of the molecule is CCCC(C)Oc1c(Cl)cc(CC(N)CC)cc1OC. The third kappa shape index (κ3) is 4.88. The Morgan fingerprint density at radius 3 is 2.55 bits per heavy atom. The molecule has 2 unspecified atom stereocenters. The number of nitrogens with two attached hydrogens (primary N) is 1. The van der Waals surface area contributed by atoms with Gasteiger partial charge in [0.15, 0.2) is 11.5 Å². The lowest BCUT2D eigenvalue weighted by Gasteiger charge is -2.19. The molecule has 0 fully saturated rings. The van der Waals surface area contributed by atoms with Gasteiger partial charge in [-0.05, 0) is 43.9 Å². The molecule has 0 radical (unpaired) electrons. The van der Waals surface area contributed by atoms with Crippen LogP contribution in [0, 0.1) is 0 Å². The van der Waals surface area contributed by atoms with E-state index in [1.54, 1.807) is 7.11 Å². The highest BCUT2D eigenvalue weighted by Gasteiger charge is 2.15. The van der Waals surface area contributed by atoms with E-state index in [1.165, 1.54) is 0 Å². The largest absolute Gasteiger partial charge is 0.493 e. The van der Waals surface area contributed by atoms with E-state index in [1.807, 2.05) is 19.1 Å². The van der Waals surface area contributed by atoms with E-state index < -0.39 is 0 Å². The molecule has 0 aliphatic rings. The Balaban J connectivity index is 2.95. The molecule has 0 saturated carbocycles. The molecule has 4 heteroatoms. The van der Waals surface area contributed by atoms with Gasteiger partial charge in [-0.2, -0.15) is 0 Å². The van der Waals surface area contributed by atoms with Crippen LogP contribution in [0.4, 0.5) is 0 Å². The summed E-state index contributed by atoms with van der Waals surface area (Å²) in [4.78, 5) is 0. The summed E-state index contributed by atoms with van der Waals surface area (Å²) in [7, 11) is 1.63. The van der Waals surface area contributed by atoms with Gasteiger partial charge in [0, 0.05) is 6.04 Å². The number of methoxy groups -OCH3 is 1. The first-order chi connectivity index (χ1) is 9.51. The highest BCUT2D eigenvalue weighted by atomic mass is 35.5. The number of rotatable bonds is 8. The highest BCUT2D eigenvalue weighted by molar-refractivity contribution is 6.32. The van der Waals surface area contributed by atoms with Crippen LogP contribution >= 0.6 is 11.6 Å². The predicted octanol–water partition coefficient (Wildman–Crippen LogP) is 4.20. The lowest BCUT2D eigenvalue weighted by Crippen LogP contribution is -2.21. The Labute approximate surface area is 127 Å². The van der Waals surface area contributed by atoms with Gasteiger partial charge in [0.25, 0.3) is 0 Å². The van der Waals surface area contributed by atoms with Crippen molar-refractivity contribution in [1.82, 2.24) is 0 Å². The molecule has 114 valence electrons. The van der Waals surface area contributed by atoms with Crippen molar-refractivity contribution in [1.29, 1.82) is 0 Å². The fourth-order valence-electron chi connectivity index (χ4n) is 2.12. The molecular formula is C16H26ClNO2. The summed E-state index contributed by atoms with van der Waals surface area (Å²) in [5.74, 6) is 1.31. The summed E-state index contributed by atoms with van der Waals surface area (Å²) < 4.78 is 11.3. The average molecular weight is 300 g/mol. The van der Waals surface area contributed by atoms with Crippen LogP contribution in [0.3, 0.4) is 0 Å². The molecule has 20 heavy (non-hydrogen) atoms. The minimum atomic E-state index is 0.121. The van der Waals surface area contributed by atoms with Crippen LogP contribution in [0.25, 0.3) is 0 Å². The number of benzene rings is 1. The minimum absolute atomic E-state index is 0.121. The van der Waals surface area contributed by atoms with Crippen LogP contribution in [0.15, 0.2) is 12.1 Å². The molecule has 0 aromatic heterocycles. The molecule has 1 rings (SSSR count). The predicted molar refractivity (Wildman–Crippen MR) is 85.0 cm³/mol. The monoisotopic (exact) mass is 299 g/mol. The summed E-state index contributed by atoms with van der Waals surface area (Å²) in [5.41, 5.74) is 7.07. The van der Waals surface area contributed by atoms with Crippen LogP contribution < -0.4 is 15.2 Å². The molecule has 0 heterocycles. The van der Waals surface area contributed by atoms with Crippen molar-refractivity contribution in [3.63, 3.8) is 0 Å². The van der Waals surface area contributed by atoms with E-state index in [0.717, 1.165) is 31.2 Å². The van der Waals surface area contributed by atoms with Crippen molar-refractivity contribution in [2.45, 2.75) is 58.6 Å². The van der Waals surface area contributed by atoms with E-state index in [2.05, 4.69) is 13.8 Å². The quantitative estimate of drug-likeness (QED) is 0.782. The molecule has 2 N–H and O–H groups in total. The maximum Gasteiger partial charge on any atom is 0.180 e. The first kappa shape index (κ1) is 17.1. The Morgan fingerprint density at radius 1 is 1.30 bits per heavy atom. The first-order valence-electron chi connectivity index (χ1n) is 7.30. The summed E-state index contributed by atoms with van der Waals surface area (Å²) in [6.07, 6.45) is 3.91. The van der Waals surface area contributed by atoms with Crippen LogP contribution in [0.5, 0.6) is 11.5 Å². The van der Waals surface area contributed by atoms with Gasteiger partial charge >= 0.3 is 0 Å². The summed E-state index contributed by atoms with van der Waals surface area (Å²) in [6.45, 7) is 6.25. The van der Waals surface area contributed by atoms with Gasteiger partial charge in [-0.3, -0.25) is 0 Å². The molecule has 0 bridgehead atoms. The molecule has 0 amide bonds. The summed E-state index contributed by atoms with van der Waals surface area (Å²) >= 11 is 6.34. The number of halogens is 1. The number of hydrogen-bond donors (Lipinski definition) is 1. The molecule has 0 spiro atoms. The first-order valence-corrected chi connectivity index (χ1v) is 7.68. The van der Waals surface area contributed by atoms with Crippen molar-refractivity contribution < 1.29 is 9.47 Å². The average Bonchev–Trinajstić information content (AvgIpc) is 2.41. The van der Waals surface area contributed by atoms with Gasteiger partial charge in [0.2, 0.25) is 0 Å². The van der Waals surface area contributed by atoms with Crippen molar-refractivity contribution in [3.8, 4) is 11.5 Å². The number of hydrogen-bond acceptors (Lipinski definition) is 3. The minimum Gasteiger partial charge on any atom is -0.493 e. The maximum atomic E-state index is 6.34. The second kappa shape index (κ2) is 8.38. The Bertz CT molecular complexity index is 423.